The summed E-state index contributed by atoms with van der Waals surface area (Å²) in [4.78, 5) is 39.1. The van der Waals surface area contributed by atoms with Crippen molar-refractivity contribution in [1.82, 2.24) is 19.9 Å². The molecule has 0 unspecified atom stereocenters. The number of ether oxygens (including phenoxy) is 1. The number of fused-ring (bicyclic) bond motifs is 1. The molecule has 0 bridgehead atoms. The topological polar surface area (TPSA) is 109 Å². The van der Waals surface area contributed by atoms with Crippen LogP contribution in [0.15, 0.2) is 24.8 Å². The molecule has 178 valence electrons. The molecule has 0 atom stereocenters. The fourth-order valence-electron chi connectivity index (χ4n) is 3.61. The Morgan fingerprint density at radius 3 is 2.36 bits per heavy atom. The van der Waals surface area contributed by atoms with Gasteiger partial charge in [-0.05, 0) is 25.0 Å². The van der Waals surface area contributed by atoms with Crippen LogP contribution in [0.3, 0.4) is 0 Å². The lowest BCUT2D eigenvalue weighted by atomic mass is 10.1. The van der Waals surface area contributed by atoms with E-state index in [0.29, 0.717) is 18.7 Å². The third-order valence-corrected chi connectivity index (χ3v) is 5.22. The molecule has 1 saturated heterocycles. The third-order valence-electron chi connectivity index (χ3n) is 5.22. The number of morpholine rings is 1. The molecule has 4 rings (SSSR count). The molecule has 9 nitrogen and oxygen atoms in total. The second kappa shape index (κ2) is 10.6. The van der Waals surface area contributed by atoms with Gasteiger partial charge in [0, 0.05) is 50.6 Å². The number of carboxylic acids is 1. The Kier molecular flexibility index (Phi) is 7.79. The van der Waals surface area contributed by atoms with Crippen molar-refractivity contribution in [2.75, 3.05) is 44.3 Å². The maximum Gasteiger partial charge on any atom is 0.490 e. The van der Waals surface area contributed by atoms with E-state index in [1.165, 1.54) is 5.56 Å². The van der Waals surface area contributed by atoms with E-state index < -0.39 is 12.1 Å². The van der Waals surface area contributed by atoms with Crippen LogP contribution in [0.1, 0.15) is 27.2 Å². The minimum Gasteiger partial charge on any atom is -0.475 e. The molecule has 0 aliphatic carbocycles. The predicted molar refractivity (Wildman–Crippen MR) is 111 cm³/mol. The first-order valence-electron chi connectivity index (χ1n) is 10.3. The largest absolute Gasteiger partial charge is 0.490 e. The van der Waals surface area contributed by atoms with Gasteiger partial charge in [0.15, 0.2) is 0 Å². The van der Waals surface area contributed by atoms with Crippen LogP contribution in [0.5, 0.6) is 0 Å². The Bertz CT molecular complexity index is 996. The number of carboxylic acid groups (broad SMARTS) is 1. The molecule has 0 saturated carbocycles. The molecule has 4 heterocycles. The van der Waals surface area contributed by atoms with Crippen molar-refractivity contribution in [3.8, 4) is 0 Å². The number of pyridine rings is 1. The van der Waals surface area contributed by atoms with Gasteiger partial charge in [-0.2, -0.15) is 13.2 Å². The molecule has 0 radical (unpaired) electrons. The quantitative estimate of drug-likeness (QED) is 0.714. The molecule has 12 heteroatoms. The summed E-state index contributed by atoms with van der Waals surface area (Å²) in [5.74, 6) is -1.72. The lowest BCUT2D eigenvalue weighted by Gasteiger charge is -2.29. The number of nitrogens with zero attached hydrogens (tertiary/aromatic N) is 5. The number of rotatable bonds is 2. The zero-order valence-corrected chi connectivity index (χ0v) is 18.0. The maximum absolute atomic E-state index is 12.9. The zero-order chi connectivity index (χ0) is 24.0. The highest BCUT2D eigenvalue weighted by Crippen LogP contribution is 2.25. The van der Waals surface area contributed by atoms with Crippen molar-refractivity contribution in [3.05, 3.63) is 47.2 Å². The molecule has 0 spiro atoms. The smallest absolute Gasteiger partial charge is 0.475 e. The van der Waals surface area contributed by atoms with E-state index in [1.54, 1.807) is 18.7 Å². The van der Waals surface area contributed by atoms with Crippen molar-refractivity contribution in [2.24, 2.45) is 0 Å². The number of aromatic nitrogens is 3. The highest BCUT2D eigenvalue weighted by Gasteiger charge is 2.38. The lowest BCUT2D eigenvalue weighted by Crippen LogP contribution is -2.37. The van der Waals surface area contributed by atoms with E-state index in [2.05, 4.69) is 19.9 Å². The first kappa shape index (κ1) is 24.4. The summed E-state index contributed by atoms with van der Waals surface area (Å²) in [5.41, 5.74) is 3.87. The van der Waals surface area contributed by atoms with E-state index in [1.807, 2.05) is 17.9 Å². The molecule has 1 amide bonds. The van der Waals surface area contributed by atoms with Gasteiger partial charge in [-0.15, -0.1) is 0 Å². The Labute approximate surface area is 188 Å². The van der Waals surface area contributed by atoms with Crippen molar-refractivity contribution in [2.45, 2.75) is 25.9 Å². The number of hydrogen-bond donors (Lipinski definition) is 1. The molecule has 2 aromatic heterocycles. The standard InChI is InChI=1S/C19H23N5O2.C2HF3O2/c1-14-10-15(12-20-11-14)19(25)24-4-2-16-17(3-5-24)21-13-22-18(16)23-6-8-26-9-7-23;3-2(4,5)1(6)7/h10-13H,2-9H2,1H3;(H,6,7). The summed E-state index contributed by atoms with van der Waals surface area (Å²) >= 11 is 0. The molecule has 2 aliphatic rings. The van der Waals surface area contributed by atoms with Gasteiger partial charge >= 0.3 is 12.1 Å². The summed E-state index contributed by atoms with van der Waals surface area (Å²) in [5, 5.41) is 7.12. The highest BCUT2D eigenvalue weighted by atomic mass is 19.4. The fourth-order valence-corrected chi connectivity index (χ4v) is 3.61. The molecular weight excluding hydrogens is 443 g/mol. The number of anilines is 1. The predicted octanol–water partition coefficient (Wildman–Crippen LogP) is 1.89. The van der Waals surface area contributed by atoms with Crippen LogP contribution in [-0.2, 0) is 22.4 Å². The molecular formula is C21H24F3N5O4. The molecule has 33 heavy (non-hydrogen) atoms. The first-order chi connectivity index (χ1) is 15.7. The lowest BCUT2D eigenvalue weighted by molar-refractivity contribution is -0.192. The van der Waals surface area contributed by atoms with E-state index in [0.717, 1.165) is 56.2 Å². The van der Waals surface area contributed by atoms with E-state index >= 15 is 0 Å². The highest BCUT2D eigenvalue weighted by molar-refractivity contribution is 5.94. The number of halogens is 3. The van der Waals surface area contributed by atoms with Gasteiger partial charge in [0.1, 0.15) is 12.1 Å². The van der Waals surface area contributed by atoms with Crippen LogP contribution in [0, 0.1) is 6.92 Å². The SMILES string of the molecule is Cc1cncc(C(=O)N2CCc3ncnc(N4CCOCC4)c3CC2)c1.O=C(O)C(F)(F)F. The summed E-state index contributed by atoms with van der Waals surface area (Å²) in [7, 11) is 0. The number of carbonyl (C=O) groups is 2. The number of aryl methyl sites for hydroxylation is 1. The number of aliphatic carboxylic acids is 1. The van der Waals surface area contributed by atoms with Crippen LogP contribution < -0.4 is 4.90 Å². The average Bonchev–Trinajstić information content (AvgIpc) is 3.02. The van der Waals surface area contributed by atoms with Gasteiger partial charge in [0.05, 0.1) is 24.5 Å². The van der Waals surface area contributed by atoms with Crippen molar-refractivity contribution in [1.29, 1.82) is 0 Å². The Hall–Kier alpha value is -3.28. The van der Waals surface area contributed by atoms with Gasteiger partial charge in [0.2, 0.25) is 0 Å². The molecule has 2 aromatic rings. The summed E-state index contributed by atoms with van der Waals surface area (Å²) in [6, 6.07) is 1.90. The number of amides is 1. The molecule has 1 N–H and O–H groups in total. The van der Waals surface area contributed by atoms with Crippen LogP contribution in [0.2, 0.25) is 0 Å². The summed E-state index contributed by atoms with van der Waals surface area (Å²) in [6.07, 6.45) is 1.49. The number of alkyl halides is 3. The monoisotopic (exact) mass is 467 g/mol. The van der Waals surface area contributed by atoms with Crippen molar-refractivity contribution < 1.29 is 32.6 Å². The third kappa shape index (κ3) is 6.37. The molecule has 1 fully saturated rings. The minimum atomic E-state index is -5.08. The van der Waals surface area contributed by atoms with E-state index in [-0.39, 0.29) is 5.91 Å². The van der Waals surface area contributed by atoms with E-state index in [9.17, 15) is 18.0 Å². The maximum atomic E-state index is 12.9. The van der Waals surface area contributed by atoms with Gasteiger partial charge in [-0.25, -0.2) is 14.8 Å². The van der Waals surface area contributed by atoms with Crippen molar-refractivity contribution in [3.63, 3.8) is 0 Å². The Balaban J connectivity index is 0.000000383. The number of carbonyl (C=O) groups excluding carboxylic acids is 1. The van der Waals surface area contributed by atoms with E-state index in [4.69, 9.17) is 14.6 Å². The normalized spacial score (nSPS) is 16.2. The summed E-state index contributed by atoms with van der Waals surface area (Å²) < 4.78 is 37.2. The van der Waals surface area contributed by atoms with Gasteiger partial charge in [-0.1, -0.05) is 0 Å². The molecule has 2 aliphatic heterocycles. The second-order valence-electron chi connectivity index (χ2n) is 7.57. The Morgan fingerprint density at radius 1 is 1.06 bits per heavy atom. The molecule has 0 aromatic carbocycles. The van der Waals surface area contributed by atoms with Gasteiger partial charge in [0.25, 0.3) is 5.91 Å². The zero-order valence-electron chi connectivity index (χ0n) is 18.0. The van der Waals surface area contributed by atoms with Crippen LogP contribution in [0.25, 0.3) is 0 Å². The fraction of sp³-hybridized carbons (Fsp3) is 0.476. The number of hydrogen-bond acceptors (Lipinski definition) is 7. The van der Waals surface area contributed by atoms with Crippen LogP contribution in [-0.4, -0.2) is 82.4 Å². The van der Waals surface area contributed by atoms with Gasteiger partial charge in [-0.3, -0.25) is 9.78 Å². The van der Waals surface area contributed by atoms with Crippen LogP contribution in [0.4, 0.5) is 19.0 Å². The second-order valence-corrected chi connectivity index (χ2v) is 7.57. The first-order valence-corrected chi connectivity index (χ1v) is 10.3. The van der Waals surface area contributed by atoms with Crippen molar-refractivity contribution >= 4 is 17.7 Å². The van der Waals surface area contributed by atoms with Crippen LogP contribution >= 0.6 is 0 Å². The van der Waals surface area contributed by atoms with Gasteiger partial charge < -0.3 is 19.6 Å². The minimum absolute atomic E-state index is 0.0369. The Morgan fingerprint density at radius 2 is 1.73 bits per heavy atom. The average molecular weight is 467 g/mol. The summed E-state index contributed by atoms with van der Waals surface area (Å²) in [6.45, 7) is 6.44.